The Balaban J connectivity index is 1.81. The molecule has 1 fully saturated rings. The monoisotopic (exact) mass is 272 g/mol. The van der Waals surface area contributed by atoms with Gasteiger partial charge >= 0.3 is 6.18 Å². The van der Waals surface area contributed by atoms with Crippen LogP contribution >= 0.6 is 0 Å². The lowest BCUT2D eigenvalue weighted by atomic mass is 9.88. The number of nitrogens with two attached hydrogens (primary N) is 1. The molecule has 0 radical (unpaired) electrons. The van der Waals surface area contributed by atoms with Crippen molar-refractivity contribution < 1.29 is 13.2 Å². The maximum atomic E-state index is 12.8. The Morgan fingerprint density at radius 3 is 2.21 bits per heavy atom. The third-order valence-electron chi connectivity index (χ3n) is 3.87. The van der Waals surface area contributed by atoms with Crippen molar-refractivity contribution in [1.82, 2.24) is 4.90 Å². The van der Waals surface area contributed by atoms with E-state index in [1.807, 2.05) is 30.3 Å². The number of hydrogen-bond donors (Lipinski definition) is 1. The van der Waals surface area contributed by atoms with Crippen LogP contribution in [0.2, 0.25) is 0 Å². The Kier molecular flexibility index (Phi) is 4.16. The molecule has 1 aromatic carbocycles. The van der Waals surface area contributed by atoms with Gasteiger partial charge in [0.05, 0.1) is 0 Å². The second-order valence-electron chi connectivity index (χ2n) is 5.23. The van der Waals surface area contributed by atoms with Gasteiger partial charge in [0.15, 0.2) is 0 Å². The average Bonchev–Trinajstić information content (AvgIpc) is 2.38. The van der Waals surface area contributed by atoms with Crippen molar-refractivity contribution in [1.29, 1.82) is 0 Å². The highest BCUT2D eigenvalue weighted by molar-refractivity contribution is 5.15. The van der Waals surface area contributed by atoms with Crippen LogP contribution in [0.1, 0.15) is 18.4 Å². The van der Waals surface area contributed by atoms with Crippen LogP contribution in [0.5, 0.6) is 0 Å². The largest absolute Gasteiger partial charge is 0.406 e. The van der Waals surface area contributed by atoms with Crippen molar-refractivity contribution in [2.75, 3.05) is 19.6 Å². The molecule has 1 aliphatic heterocycles. The summed E-state index contributed by atoms with van der Waals surface area (Å²) in [7, 11) is 0. The first-order valence-corrected chi connectivity index (χ1v) is 6.53. The van der Waals surface area contributed by atoms with Gasteiger partial charge in [0.2, 0.25) is 0 Å². The first kappa shape index (κ1) is 14.3. The van der Waals surface area contributed by atoms with E-state index < -0.39 is 11.7 Å². The van der Waals surface area contributed by atoms with E-state index in [1.54, 1.807) is 0 Å². The molecule has 1 saturated heterocycles. The Bertz CT molecular complexity index is 395. The highest BCUT2D eigenvalue weighted by Crippen LogP contribution is 2.36. The minimum atomic E-state index is -4.29. The molecule has 2 nitrogen and oxygen atoms in total. The van der Waals surface area contributed by atoms with E-state index in [0.717, 1.165) is 13.0 Å². The molecular formula is C14H19F3N2. The third-order valence-corrected chi connectivity index (χ3v) is 3.87. The summed E-state index contributed by atoms with van der Waals surface area (Å²) in [5, 5.41) is 0. The predicted octanol–water partition coefficient (Wildman–Crippen LogP) is 2.58. The Labute approximate surface area is 111 Å². The van der Waals surface area contributed by atoms with Gasteiger partial charge in [-0.2, -0.15) is 13.2 Å². The predicted molar refractivity (Wildman–Crippen MR) is 68.8 cm³/mol. The minimum absolute atomic E-state index is 0.00864. The Morgan fingerprint density at radius 1 is 1.11 bits per heavy atom. The maximum Gasteiger partial charge on any atom is 0.406 e. The SMILES string of the molecule is NC1(C(F)(F)F)CCN(CCc2ccccc2)CC1. The normalized spacial score (nSPS) is 20.4. The van der Waals surface area contributed by atoms with Gasteiger partial charge in [-0.05, 0) is 24.8 Å². The van der Waals surface area contributed by atoms with Crippen LogP contribution in [-0.2, 0) is 6.42 Å². The number of nitrogens with zero attached hydrogens (tertiary/aromatic N) is 1. The van der Waals surface area contributed by atoms with Crippen LogP contribution in [-0.4, -0.2) is 36.2 Å². The summed E-state index contributed by atoms with van der Waals surface area (Å²) >= 11 is 0. The zero-order valence-corrected chi connectivity index (χ0v) is 10.8. The van der Waals surface area contributed by atoms with Crippen molar-refractivity contribution in [2.45, 2.75) is 31.0 Å². The fraction of sp³-hybridized carbons (Fsp3) is 0.571. The van der Waals surface area contributed by atoms with Crippen molar-refractivity contribution >= 4 is 0 Å². The number of alkyl halides is 3. The number of piperidine rings is 1. The molecule has 1 aromatic rings. The highest BCUT2D eigenvalue weighted by Gasteiger charge is 2.52. The van der Waals surface area contributed by atoms with Gasteiger partial charge in [-0.1, -0.05) is 30.3 Å². The van der Waals surface area contributed by atoms with Gasteiger partial charge in [-0.15, -0.1) is 0 Å². The Morgan fingerprint density at radius 2 is 1.68 bits per heavy atom. The molecule has 106 valence electrons. The van der Waals surface area contributed by atoms with E-state index in [1.165, 1.54) is 5.56 Å². The van der Waals surface area contributed by atoms with E-state index in [4.69, 9.17) is 5.73 Å². The smallest absolute Gasteiger partial charge is 0.318 e. The van der Waals surface area contributed by atoms with Crippen LogP contribution in [0.3, 0.4) is 0 Å². The van der Waals surface area contributed by atoms with Crippen molar-refractivity contribution in [3.63, 3.8) is 0 Å². The van der Waals surface area contributed by atoms with E-state index in [0.29, 0.717) is 13.1 Å². The number of hydrogen-bond acceptors (Lipinski definition) is 2. The minimum Gasteiger partial charge on any atom is -0.318 e. The summed E-state index contributed by atoms with van der Waals surface area (Å²) in [4.78, 5) is 2.06. The number of likely N-dealkylation sites (tertiary alicyclic amines) is 1. The van der Waals surface area contributed by atoms with E-state index in [9.17, 15) is 13.2 Å². The lowest BCUT2D eigenvalue weighted by Crippen LogP contribution is -2.59. The number of halogens is 3. The molecule has 0 atom stereocenters. The molecule has 0 aliphatic carbocycles. The molecule has 0 aromatic heterocycles. The number of rotatable bonds is 3. The summed E-state index contributed by atoms with van der Waals surface area (Å²) in [6.07, 6.45) is -3.44. The fourth-order valence-corrected chi connectivity index (χ4v) is 2.39. The molecule has 1 heterocycles. The molecule has 19 heavy (non-hydrogen) atoms. The molecule has 5 heteroatoms. The molecular weight excluding hydrogens is 253 g/mol. The molecule has 2 N–H and O–H groups in total. The summed E-state index contributed by atoms with van der Waals surface area (Å²) in [5.74, 6) is 0. The topological polar surface area (TPSA) is 29.3 Å². The summed E-state index contributed by atoms with van der Waals surface area (Å²) < 4.78 is 38.3. The summed E-state index contributed by atoms with van der Waals surface area (Å²) in [6, 6.07) is 9.97. The van der Waals surface area contributed by atoms with Crippen molar-refractivity contribution in [2.24, 2.45) is 5.73 Å². The average molecular weight is 272 g/mol. The van der Waals surface area contributed by atoms with Gasteiger partial charge in [0.25, 0.3) is 0 Å². The second kappa shape index (κ2) is 5.51. The van der Waals surface area contributed by atoms with E-state index >= 15 is 0 Å². The number of benzene rings is 1. The maximum absolute atomic E-state index is 12.8. The van der Waals surface area contributed by atoms with Crippen LogP contribution in [0, 0.1) is 0 Å². The fourth-order valence-electron chi connectivity index (χ4n) is 2.39. The van der Waals surface area contributed by atoms with E-state index in [-0.39, 0.29) is 12.8 Å². The molecule has 1 aliphatic rings. The van der Waals surface area contributed by atoms with Gasteiger partial charge < -0.3 is 10.6 Å². The van der Waals surface area contributed by atoms with Crippen LogP contribution in [0.4, 0.5) is 13.2 Å². The zero-order chi connectivity index (χ0) is 13.9. The molecule has 0 amide bonds. The zero-order valence-electron chi connectivity index (χ0n) is 10.8. The molecule has 0 saturated carbocycles. The van der Waals surface area contributed by atoms with Crippen molar-refractivity contribution in [3.8, 4) is 0 Å². The second-order valence-corrected chi connectivity index (χ2v) is 5.23. The van der Waals surface area contributed by atoms with Gasteiger partial charge in [0.1, 0.15) is 5.54 Å². The molecule has 0 spiro atoms. The first-order valence-electron chi connectivity index (χ1n) is 6.53. The van der Waals surface area contributed by atoms with Crippen molar-refractivity contribution in [3.05, 3.63) is 35.9 Å². The lowest BCUT2D eigenvalue weighted by Gasteiger charge is -2.40. The molecule has 2 rings (SSSR count). The Hall–Kier alpha value is -1.07. The highest BCUT2D eigenvalue weighted by atomic mass is 19.4. The van der Waals surface area contributed by atoms with Crippen LogP contribution in [0.25, 0.3) is 0 Å². The first-order chi connectivity index (χ1) is 8.91. The molecule has 0 bridgehead atoms. The quantitative estimate of drug-likeness (QED) is 0.916. The standard InChI is InChI=1S/C14H19F3N2/c15-14(16,17)13(18)7-10-19(11-8-13)9-6-12-4-2-1-3-5-12/h1-5H,6-11,18H2. The van der Waals surface area contributed by atoms with Crippen LogP contribution in [0.15, 0.2) is 30.3 Å². The van der Waals surface area contributed by atoms with Gasteiger partial charge in [-0.3, -0.25) is 0 Å². The lowest BCUT2D eigenvalue weighted by molar-refractivity contribution is -0.197. The third kappa shape index (κ3) is 3.48. The van der Waals surface area contributed by atoms with Crippen LogP contribution < -0.4 is 5.73 Å². The van der Waals surface area contributed by atoms with E-state index in [2.05, 4.69) is 4.90 Å². The van der Waals surface area contributed by atoms with Gasteiger partial charge in [-0.25, -0.2) is 0 Å². The van der Waals surface area contributed by atoms with Gasteiger partial charge in [0, 0.05) is 19.6 Å². The molecule has 0 unspecified atom stereocenters. The summed E-state index contributed by atoms with van der Waals surface area (Å²) in [5.41, 5.74) is 4.68. The summed E-state index contributed by atoms with van der Waals surface area (Å²) in [6.45, 7) is 1.63.